The Kier molecular flexibility index (Phi) is 4.06. The number of hydrogen-bond donors (Lipinski definition) is 0. The van der Waals surface area contributed by atoms with Gasteiger partial charge in [-0.1, -0.05) is 30.3 Å². The molecule has 0 radical (unpaired) electrons. The van der Waals surface area contributed by atoms with Crippen LogP contribution in [0.2, 0.25) is 0 Å². The zero-order chi connectivity index (χ0) is 15.7. The van der Waals surface area contributed by atoms with E-state index >= 15 is 0 Å². The maximum atomic E-state index is 12.6. The monoisotopic (exact) mass is 320 g/mol. The minimum atomic E-state index is -0.657. The fourth-order valence-corrected chi connectivity index (χ4v) is 4.11. The van der Waals surface area contributed by atoms with Gasteiger partial charge in [0.2, 0.25) is 5.91 Å². The van der Waals surface area contributed by atoms with Crippen molar-refractivity contribution in [3.05, 3.63) is 35.9 Å². The van der Waals surface area contributed by atoms with Gasteiger partial charge in [-0.15, -0.1) is 11.8 Å². The topological polar surface area (TPSA) is 66.9 Å². The fraction of sp³-hybridized carbons (Fsp3) is 0.400. The van der Waals surface area contributed by atoms with Crippen LogP contribution in [0.25, 0.3) is 0 Å². The summed E-state index contributed by atoms with van der Waals surface area (Å²) in [6.45, 7) is 0.400. The zero-order valence-electron chi connectivity index (χ0n) is 12.1. The molecule has 6 nitrogen and oxygen atoms in total. The van der Waals surface area contributed by atoms with E-state index in [1.807, 2.05) is 30.3 Å². The zero-order valence-corrected chi connectivity index (χ0v) is 12.9. The minimum absolute atomic E-state index is 0.00170. The molecule has 0 aromatic heterocycles. The SMILES string of the molecule is COC(=O)C1CSC2C(=O)N(Cc3ccccc3)CC(=O)N12. The number of carbonyl (C=O) groups is 3. The van der Waals surface area contributed by atoms with Crippen molar-refractivity contribution in [3.8, 4) is 0 Å². The third-order valence-electron chi connectivity index (χ3n) is 3.83. The molecule has 116 valence electrons. The number of ether oxygens (including phenoxy) is 1. The summed E-state index contributed by atoms with van der Waals surface area (Å²) >= 11 is 1.32. The van der Waals surface area contributed by atoms with Gasteiger partial charge in [0.05, 0.1) is 7.11 Å². The van der Waals surface area contributed by atoms with Gasteiger partial charge >= 0.3 is 5.97 Å². The summed E-state index contributed by atoms with van der Waals surface area (Å²) in [6, 6.07) is 8.88. The molecular weight excluding hydrogens is 304 g/mol. The van der Waals surface area contributed by atoms with Crippen LogP contribution in [0.3, 0.4) is 0 Å². The van der Waals surface area contributed by atoms with E-state index in [1.54, 1.807) is 4.90 Å². The van der Waals surface area contributed by atoms with Crippen LogP contribution in [-0.4, -0.2) is 58.4 Å². The summed E-state index contributed by atoms with van der Waals surface area (Å²) in [5.41, 5.74) is 0.976. The van der Waals surface area contributed by atoms with Crippen LogP contribution in [0.4, 0.5) is 0 Å². The third-order valence-corrected chi connectivity index (χ3v) is 5.08. The second-order valence-corrected chi connectivity index (χ2v) is 6.32. The van der Waals surface area contributed by atoms with Crippen molar-refractivity contribution in [1.82, 2.24) is 9.80 Å². The predicted molar refractivity (Wildman–Crippen MR) is 80.8 cm³/mol. The van der Waals surface area contributed by atoms with Crippen molar-refractivity contribution in [1.29, 1.82) is 0 Å². The highest BCUT2D eigenvalue weighted by Crippen LogP contribution is 2.34. The van der Waals surface area contributed by atoms with E-state index in [2.05, 4.69) is 0 Å². The maximum absolute atomic E-state index is 12.6. The number of esters is 1. The molecule has 1 aromatic carbocycles. The van der Waals surface area contributed by atoms with Crippen LogP contribution < -0.4 is 0 Å². The van der Waals surface area contributed by atoms with Gasteiger partial charge in [-0.3, -0.25) is 9.59 Å². The van der Waals surface area contributed by atoms with Crippen molar-refractivity contribution in [2.45, 2.75) is 18.0 Å². The molecule has 7 heteroatoms. The predicted octanol–water partition coefficient (Wildman–Crippen LogP) is 0.472. The molecule has 0 N–H and O–H groups in total. The number of thioether (sulfide) groups is 1. The van der Waals surface area contributed by atoms with E-state index in [9.17, 15) is 14.4 Å². The normalized spacial score (nSPS) is 24.4. The first-order valence-electron chi connectivity index (χ1n) is 6.95. The van der Waals surface area contributed by atoms with Crippen molar-refractivity contribution in [2.75, 3.05) is 19.4 Å². The van der Waals surface area contributed by atoms with E-state index in [4.69, 9.17) is 4.74 Å². The third kappa shape index (κ3) is 2.56. The smallest absolute Gasteiger partial charge is 0.329 e. The molecule has 2 amide bonds. The summed E-state index contributed by atoms with van der Waals surface area (Å²) < 4.78 is 4.72. The van der Waals surface area contributed by atoms with Gasteiger partial charge in [-0.05, 0) is 5.56 Å². The number of nitrogens with zero attached hydrogens (tertiary/aromatic N) is 2. The Morgan fingerprint density at radius 3 is 2.73 bits per heavy atom. The number of amides is 2. The quantitative estimate of drug-likeness (QED) is 0.758. The maximum Gasteiger partial charge on any atom is 0.329 e. The number of benzene rings is 1. The molecule has 0 bridgehead atoms. The van der Waals surface area contributed by atoms with Crippen molar-refractivity contribution in [2.24, 2.45) is 0 Å². The Morgan fingerprint density at radius 2 is 2.05 bits per heavy atom. The molecule has 2 fully saturated rings. The van der Waals surface area contributed by atoms with Gasteiger partial charge in [-0.25, -0.2) is 4.79 Å². The first-order valence-corrected chi connectivity index (χ1v) is 8.00. The molecule has 3 rings (SSSR count). The highest BCUT2D eigenvalue weighted by Gasteiger charge is 2.50. The van der Waals surface area contributed by atoms with E-state index in [0.717, 1.165) is 5.56 Å². The lowest BCUT2D eigenvalue weighted by atomic mass is 10.1. The van der Waals surface area contributed by atoms with E-state index in [0.29, 0.717) is 12.3 Å². The Labute approximate surface area is 132 Å². The number of fused-ring (bicyclic) bond motifs is 1. The summed E-state index contributed by atoms with van der Waals surface area (Å²) in [5, 5.41) is -0.617. The first-order chi connectivity index (χ1) is 10.6. The minimum Gasteiger partial charge on any atom is -0.467 e. The van der Waals surface area contributed by atoms with Gasteiger partial charge in [0.25, 0.3) is 5.91 Å². The highest BCUT2D eigenvalue weighted by atomic mass is 32.2. The van der Waals surface area contributed by atoms with Crippen LogP contribution in [0, 0.1) is 0 Å². The van der Waals surface area contributed by atoms with Crippen LogP contribution >= 0.6 is 11.8 Å². The Balaban J connectivity index is 1.77. The Bertz CT molecular complexity index is 607. The first kappa shape index (κ1) is 14.9. The van der Waals surface area contributed by atoms with Crippen LogP contribution in [0.5, 0.6) is 0 Å². The lowest BCUT2D eigenvalue weighted by molar-refractivity contribution is -0.160. The van der Waals surface area contributed by atoms with E-state index in [-0.39, 0.29) is 18.4 Å². The lowest BCUT2D eigenvalue weighted by Gasteiger charge is -2.37. The van der Waals surface area contributed by atoms with Crippen LogP contribution in [0.15, 0.2) is 30.3 Å². The molecule has 2 aliphatic rings. The average molecular weight is 320 g/mol. The van der Waals surface area contributed by atoms with Gasteiger partial charge in [0.1, 0.15) is 12.6 Å². The second kappa shape index (κ2) is 6.00. The number of rotatable bonds is 3. The summed E-state index contributed by atoms with van der Waals surface area (Å²) in [4.78, 5) is 39.6. The molecule has 0 saturated carbocycles. The number of carbonyl (C=O) groups excluding carboxylic acids is 3. The molecule has 22 heavy (non-hydrogen) atoms. The van der Waals surface area contributed by atoms with Crippen molar-refractivity contribution >= 4 is 29.5 Å². The lowest BCUT2D eigenvalue weighted by Crippen LogP contribution is -2.59. The highest BCUT2D eigenvalue weighted by molar-refractivity contribution is 8.00. The molecule has 1 aromatic rings. The van der Waals surface area contributed by atoms with Gasteiger partial charge < -0.3 is 14.5 Å². The van der Waals surface area contributed by atoms with Crippen molar-refractivity contribution in [3.63, 3.8) is 0 Å². The van der Waals surface area contributed by atoms with Crippen LogP contribution in [-0.2, 0) is 25.7 Å². The molecule has 2 aliphatic heterocycles. The summed E-state index contributed by atoms with van der Waals surface area (Å²) in [7, 11) is 1.29. The second-order valence-electron chi connectivity index (χ2n) is 5.21. The molecule has 0 aliphatic carbocycles. The molecule has 2 atom stereocenters. The fourth-order valence-electron chi connectivity index (χ4n) is 2.74. The average Bonchev–Trinajstić information content (AvgIpc) is 2.98. The Morgan fingerprint density at radius 1 is 1.32 bits per heavy atom. The van der Waals surface area contributed by atoms with Crippen molar-refractivity contribution < 1.29 is 19.1 Å². The molecular formula is C15H16N2O4S. The van der Waals surface area contributed by atoms with Gasteiger partial charge in [0, 0.05) is 12.3 Å². The molecule has 2 heterocycles. The number of hydrogen-bond acceptors (Lipinski definition) is 5. The Hall–Kier alpha value is -2.02. The van der Waals surface area contributed by atoms with E-state index < -0.39 is 17.4 Å². The molecule has 0 spiro atoms. The summed E-state index contributed by atoms with van der Waals surface area (Å²) in [5.74, 6) is -0.401. The largest absolute Gasteiger partial charge is 0.467 e. The van der Waals surface area contributed by atoms with Gasteiger partial charge in [0.15, 0.2) is 5.37 Å². The standard InChI is InChI=1S/C15H16N2O4S/c1-21-15(20)11-9-22-14-13(19)16(8-12(18)17(11)14)7-10-5-3-2-4-6-10/h2-6,11,14H,7-9H2,1H3. The summed E-state index contributed by atoms with van der Waals surface area (Å²) in [6.07, 6.45) is 0. The number of methoxy groups -OCH3 is 1. The van der Waals surface area contributed by atoms with Crippen LogP contribution in [0.1, 0.15) is 5.56 Å². The molecule has 2 saturated heterocycles. The van der Waals surface area contributed by atoms with Gasteiger partial charge in [-0.2, -0.15) is 0 Å². The number of piperazine rings is 1. The molecule has 2 unspecified atom stereocenters. The van der Waals surface area contributed by atoms with E-state index in [1.165, 1.54) is 23.8 Å².